The topological polar surface area (TPSA) is 85.8 Å². The van der Waals surface area contributed by atoms with Crippen molar-refractivity contribution in [2.75, 3.05) is 39.0 Å². The predicted octanol–water partition coefficient (Wildman–Crippen LogP) is 1.60. The van der Waals surface area contributed by atoms with Gasteiger partial charge in [-0.15, -0.1) is 0 Å². The molecule has 0 unspecified atom stereocenters. The van der Waals surface area contributed by atoms with Crippen LogP contribution in [0.2, 0.25) is 0 Å². The maximum atomic E-state index is 12.1. The number of rotatable bonds is 9. The molecule has 1 aliphatic heterocycles. The van der Waals surface area contributed by atoms with E-state index in [1.807, 2.05) is 0 Å². The first-order chi connectivity index (χ1) is 13.5. The van der Waals surface area contributed by atoms with Crippen LogP contribution in [0.25, 0.3) is 0 Å². The molecule has 2 aliphatic rings. The second kappa shape index (κ2) is 10.6. The van der Waals surface area contributed by atoms with Gasteiger partial charge in [0.25, 0.3) is 0 Å². The van der Waals surface area contributed by atoms with Crippen LogP contribution in [0.1, 0.15) is 37.7 Å². The maximum Gasteiger partial charge on any atom is 0.213 e. The van der Waals surface area contributed by atoms with Crippen LogP contribution in [-0.2, 0) is 16.6 Å². The third-order valence-electron chi connectivity index (χ3n) is 5.62. The van der Waals surface area contributed by atoms with Crippen LogP contribution in [0, 0.1) is 5.92 Å². The fraction of sp³-hybridized carbons (Fsp3) is 0.737. The minimum atomic E-state index is -3.22. The van der Waals surface area contributed by atoms with Gasteiger partial charge >= 0.3 is 0 Å². The Balaban J connectivity index is 1.32. The number of nitrogens with one attached hydrogen (secondary N) is 3. The molecule has 2 heterocycles. The largest absolute Gasteiger partial charge is 0.355 e. The van der Waals surface area contributed by atoms with Gasteiger partial charge in [0.15, 0.2) is 5.96 Å². The molecule has 0 amide bonds. The van der Waals surface area contributed by atoms with Gasteiger partial charge in [-0.05, 0) is 54.0 Å². The monoisotopic (exact) mass is 427 g/mol. The van der Waals surface area contributed by atoms with E-state index in [0.717, 1.165) is 45.3 Å². The number of hydrogen-bond donors (Lipinski definition) is 3. The molecule has 9 heteroatoms. The van der Waals surface area contributed by atoms with E-state index in [1.54, 1.807) is 18.4 Å². The van der Waals surface area contributed by atoms with E-state index in [0.29, 0.717) is 31.0 Å². The highest BCUT2D eigenvalue weighted by atomic mass is 32.2. The maximum absolute atomic E-state index is 12.1. The van der Waals surface area contributed by atoms with E-state index in [1.165, 1.54) is 12.0 Å². The Morgan fingerprint density at radius 3 is 2.68 bits per heavy atom. The van der Waals surface area contributed by atoms with E-state index in [9.17, 15) is 8.42 Å². The molecule has 1 saturated carbocycles. The molecule has 158 valence electrons. The lowest BCUT2D eigenvalue weighted by Crippen LogP contribution is -2.49. The first kappa shape index (κ1) is 21.5. The fourth-order valence-corrected chi connectivity index (χ4v) is 5.25. The quantitative estimate of drug-likeness (QED) is 0.412. The zero-order valence-electron chi connectivity index (χ0n) is 16.7. The summed E-state index contributed by atoms with van der Waals surface area (Å²) >= 11 is 1.75. The van der Waals surface area contributed by atoms with Gasteiger partial charge in [-0.1, -0.05) is 6.42 Å². The predicted molar refractivity (Wildman–Crippen MR) is 116 cm³/mol. The second-order valence-electron chi connectivity index (χ2n) is 7.79. The Bertz CT molecular complexity index is 709. The van der Waals surface area contributed by atoms with Gasteiger partial charge < -0.3 is 10.6 Å². The van der Waals surface area contributed by atoms with Crippen LogP contribution >= 0.6 is 11.3 Å². The zero-order chi connectivity index (χ0) is 19.8. The van der Waals surface area contributed by atoms with E-state index in [-0.39, 0.29) is 5.75 Å². The van der Waals surface area contributed by atoms with Gasteiger partial charge in [0.1, 0.15) is 0 Å². The van der Waals surface area contributed by atoms with E-state index in [4.69, 9.17) is 0 Å². The molecular weight excluding hydrogens is 394 g/mol. The van der Waals surface area contributed by atoms with Crippen LogP contribution in [0.3, 0.4) is 0 Å². The second-order valence-corrected chi connectivity index (χ2v) is 10.5. The van der Waals surface area contributed by atoms with Crippen molar-refractivity contribution in [3.8, 4) is 0 Å². The lowest BCUT2D eigenvalue weighted by molar-refractivity contribution is 0.198. The molecule has 0 spiro atoms. The van der Waals surface area contributed by atoms with Gasteiger partial charge in [0.05, 0.1) is 5.75 Å². The molecule has 2 fully saturated rings. The summed E-state index contributed by atoms with van der Waals surface area (Å²) in [6, 6.07) is 2.56. The average molecular weight is 428 g/mol. The van der Waals surface area contributed by atoms with Crippen molar-refractivity contribution in [2.24, 2.45) is 10.9 Å². The summed E-state index contributed by atoms with van der Waals surface area (Å²) < 4.78 is 26.9. The lowest BCUT2D eigenvalue weighted by Gasteiger charge is -2.33. The minimum Gasteiger partial charge on any atom is -0.355 e. The Labute approximate surface area is 173 Å². The third-order valence-corrected chi connectivity index (χ3v) is 7.70. The zero-order valence-corrected chi connectivity index (χ0v) is 18.3. The molecule has 3 rings (SSSR count). The number of hydrogen-bond acceptors (Lipinski definition) is 5. The van der Waals surface area contributed by atoms with Crippen LogP contribution in [0.5, 0.6) is 0 Å². The van der Waals surface area contributed by atoms with Crippen LogP contribution in [0.15, 0.2) is 21.8 Å². The number of piperidine rings is 1. The van der Waals surface area contributed by atoms with Crippen LogP contribution in [0.4, 0.5) is 0 Å². The van der Waals surface area contributed by atoms with Crippen LogP contribution < -0.4 is 15.4 Å². The molecule has 0 radical (unpaired) electrons. The minimum absolute atomic E-state index is 0.0690. The third kappa shape index (κ3) is 7.02. The van der Waals surface area contributed by atoms with Gasteiger partial charge in [0, 0.05) is 45.8 Å². The fourth-order valence-electron chi connectivity index (χ4n) is 3.58. The number of likely N-dealkylation sites (tertiary alicyclic amines) is 1. The lowest BCUT2D eigenvalue weighted by atomic mass is 9.86. The van der Waals surface area contributed by atoms with Crippen molar-refractivity contribution >= 4 is 27.3 Å². The highest BCUT2D eigenvalue weighted by molar-refractivity contribution is 7.89. The Kier molecular flexibility index (Phi) is 8.13. The molecule has 1 aromatic rings. The first-order valence-corrected chi connectivity index (χ1v) is 12.8. The molecule has 1 saturated heterocycles. The Hall–Kier alpha value is -1.16. The van der Waals surface area contributed by atoms with Gasteiger partial charge in [-0.3, -0.25) is 9.89 Å². The number of thiophene rings is 1. The molecule has 0 bridgehead atoms. The van der Waals surface area contributed by atoms with Crippen molar-refractivity contribution in [3.63, 3.8) is 0 Å². The summed E-state index contributed by atoms with van der Waals surface area (Å²) in [5.74, 6) is 1.28. The summed E-state index contributed by atoms with van der Waals surface area (Å²) in [5.41, 5.74) is 1.39. The molecule has 3 N–H and O–H groups in total. The van der Waals surface area contributed by atoms with Crippen molar-refractivity contribution in [1.82, 2.24) is 20.3 Å². The van der Waals surface area contributed by atoms with E-state index in [2.05, 4.69) is 42.1 Å². The molecule has 0 atom stereocenters. The molecule has 1 aromatic heterocycles. The highest BCUT2D eigenvalue weighted by Gasteiger charge is 2.21. The van der Waals surface area contributed by atoms with Crippen molar-refractivity contribution in [2.45, 2.75) is 44.7 Å². The van der Waals surface area contributed by atoms with Crippen molar-refractivity contribution in [3.05, 3.63) is 22.4 Å². The number of sulfonamides is 1. The number of aliphatic imine (C=N–C) groups is 1. The molecular formula is C19H33N5O2S2. The Morgan fingerprint density at radius 2 is 2.07 bits per heavy atom. The number of guanidine groups is 1. The smallest absolute Gasteiger partial charge is 0.213 e. The SMILES string of the molecule is CN=C(NCCS(=O)(=O)NCC1CCC1)NC1CCN(Cc2ccsc2)CC1. The van der Waals surface area contributed by atoms with Crippen molar-refractivity contribution < 1.29 is 8.42 Å². The van der Waals surface area contributed by atoms with Crippen LogP contribution in [-0.4, -0.2) is 64.3 Å². The molecule has 1 aliphatic carbocycles. The normalized spacial score (nSPS) is 20.1. The summed E-state index contributed by atoms with van der Waals surface area (Å²) in [5, 5.41) is 10.9. The summed E-state index contributed by atoms with van der Waals surface area (Å²) in [6.45, 7) is 4.08. The average Bonchev–Trinajstić information content (AvgIpc) is 3.14. The Morgan fingerprint density at radius 1 is 1.29 bits per heavy atom. The highest BCUT2D eigenvalue weighted by Crippen LogP contribution is 2.25. The molecule has 28 heavy (non-hydrogen) atoms. The summed E-state index contributed by atoms with van der Waals surface area (Å²) in [4.78, 5) is 6.73. The standard InChI is InChI=1S/C19H33N5O2S2/c1-20-19(21-8-12-28(25,26)22-13-16-3-2-4-16)23-18-5-9-24(10-6-18)14-17-7-11-27-15-17/h7,11,15-16,18,22H,2-6,8-10,12-14H2,1H3,(H2,20,21,23). The number of nitrogens with zero attached hydrogens (tertiary/aromatic N) is 2. The summed E-state index contributed by atoms with van der Waals surface area (Å²) in [7, 11) is -1.50. The molecule has 0 aromatic carbocycles. The van der Waals surface area contributed by atoms with E-state index < -0.39 is 10.0 Å². The van der Waals surface area contributed by atoms with Gasteiger partial charge in [-0.25, -0.2) is 13.1 Å². The van der Waals surface area contributed by atoms with Gasteiger partial charge in [-0.2, -0.15) is 11.3 Å². The molecule has 7 nitrogen and oxygen atoms in total. The first-order valence-electron chi connectivity index (χ1n) is 10.2. The van der Waals surface area contributed by atoms with Gasteiger partial charge in [0.2, 0.25) is 10.0 Å². The van der Waals surface area contributed by atoms with Crippen molar-refractivity contribution in [1.29, 1.82) is 0 Å². The summed E-state index contributed by atoms with van der Waals surface area (Å²) in [6.07, 6.45) is 5.63. The van der Waals surface area contributed by atoms with E-state index >= 15 is 0 Å².